The summed E-state index contributed by atoms with van der Waals surface area (Å²) < 4.78 is 0. The molecule has 0 aliphatic rings. The van der Waals surface area contributed by atoms with E-state index in [-0.39, 0.29) is 0 Å². The molecule has 1 atom stereocenters. The van der Waals surface area contributed by atoms with Crippen LogP contribution in [0.3, 0.4) is 0 Å². The lowest BCUT2D eigenvalue weighted by Crippen LogP contribution is -2.36. The lowest BCUT2D eigenvalue weighted by Gasteiger charge is -2.19. The van der Waals surface area contributed by atoms with Gasteiger partial charge < -0.3 is 10.0 Å². The highest BCUT2D eigenvalue weighted by atomic mass is 16.4. The van der Waals surface area contributed by atoms with Crippen molar-refractivity contribution in [1.82, 2.24) is 15.2 Å². The molecule has 1 N–H and O–H groups in total. The maximum absolute atomic E-state index is 10.6. The first-order chi connectivity index (χ1) is 6.13. The molecule has 0 amide bonds. The lowest BCUT2D eigenvalue weighted by molar-refractivity contribution is -0.138. The van der Waals surface area contributed by atoms with E-state index in [1.165, 1.54) is 17.3 Å². The van der Waals surface area contributed by atoms with Crippen molar-refractivity contribution in [1.29, 1.82) is 0 Å². The van der Waals surface area contributed by atoms with Gasteiger partial charge in [0, 0.05) is 7.05 Å². The van der Waals surface area contributed by atoms with Crippen LogP contribution in [-0.4, -0.2) is 39.3 Å². The summed E-state index contributed by atoms with van der Waals surface area (Å²) in [5.74, 6) is -0.618. The fourth-order valence-corrected chi connectivity index (χ4v) is 0.741. The van der Waals surface area contributed by atoms with Gasteiger partial charge in [-0.1, -0.05) is 0 Å². The highest BCUT2D eigenvalue weighted by molar-refractivity contribution is 5.76. The smallest absolute Gasteiger partial charge is 0.326 e. The van der Waals surface area contributed by atoms with E-state index in [4.69, 9.17) is 5.11 Å². The molecule has 1 aromatic heterocycles. The van der Waals surface area contributed by atoms with Crippen LogP contribution in [0.4, 0.5) is 5.95 Å². The lowest BCUT2D eigenvalue weighted by atomic mass is 10.3. The number of carboxylic acid groups (broad SMARTS) is 1. The first-order valence-corrected chi connectivity index (χ1v) is 3.72. The normalized spacial score (nSPS) is 12.2. The quantitative estimate of drug-likeness (QED) is 0.696. The highest BCUT2D eigenvalue weighted by Crippen LogP contribution is 2.05. The van der Waals surface area contributed by atoms with E-state index in [0.717, 1.165) is 0 Å². The number of carbonyl (C=O) groups is 1. The summed E-state index contributed by atoms with van der Waals surface area (Å²) in [6.45, 7) is 1.55. The van der Waals surface area contributed by atoms with Crippen molar-refractivity contribution < 1.29 is 9.90 Å². The molecule has 0 fully saturated rings. The summed E-state index contributed by atoms with van der Waals surface area (Å²) >= 11 is 0. The predicted octanol–water partition coefficient (Wildman–Crippen LogP) is -0.219. The van der Waals surface area contributed by atoms with Crippen molar-refractivity contribution in [3.8, 4) is 0 Å². The first kappa shape index (κ1) is 9.37. The Morgan fingerprint density at radius 2 is 2.31 bits per heavy atom. The highest BCUT2D eigenvalue weighted by Gasteiger charge is 2.18. The van der Waals surface area contributed by atoms with Gasteiger partial charge in [-0.2, -0.15) is 5.10 Å². The van der Waals surface area contributed by atoms with Gasteiger partial charge in [0.25, 0.3) is 0 Å². The second kappa shape index (κ2) is 3.79. The fourth-order valence-electron chi connectivity index (χ4n) is 0.741. The Kier molecular flexibility index (Phi) is 2.73. The molecule has 0 aliphatic heterocycles. The van der Waals surface area contributed by atoms with E-state index in [9.17, 15) is 4.79 Å². The molecule has 13 heavy (non-hydrogen) atoms. The van der Waals surface area contributed by atoms with Gasteiger partial charge >= 0.3 is 5.97 Å². The maximum Gasteiger partial charge on any atom is 0.326 e. The fraction of sp³-hybridized carbons (Fsp3) is 0.429. The van der Waals surface area contributed by atoms with Gasteiger partial charge in [-0.15, -0.1) is 5.10 Å². The molecule has 0 aromatic carbocycles. The molecule has 0 aliphatic carbocycles. The number of hydrogen-bond acceptors (Lipinski definition) is 5. The molecule has 1 unspecified atom stereocenters. The Hall–Kier alpha value is -1.72. The predicted molar refractivity (Wildman–Crippen MR) is 45.3 cm³/mol. The second-order valence-corrected chi connectivity index (χ2v) is 2.57. The summed E-state index contributed by atoms with van der Waals surface area (Å²) in [4.78, 5) is 15.9. The van der Waals surface area contributed by atoms with Gasteiger partial charge in [-0.25, -0.2) is 9.78 Å². The van der Waals surface area contributed by atoms with Gasteiger partial charge in [0.2, 0.25) is 5.95 Å². The van der Waals surface area contributed by atoms with Crippen molar-refractivity contribution in [2.24, 2.45) is 0 Å². The monoisotopic (exact) mass is 182 g/mol. The largest absolute Gasteiger partial charge is 0.480 e. The van der Waals surface area contributed by atoms with Gasteiger partial charge in [-0.05, 0) is 6.92 Å². The molecule has 0 radical (unpaired) electrons. The average Bonchev–Trinajstić information content (AvgIpc) is 2.17. The molecule has 1 heterocycles. The van der Waals surface area contributed by atoms with E-state index >= 15 is 0 Å². The summed E-state index contributed by atoms with van der Waals surface area (Å²) in [5, 5.41) is 16.0. The molecule has 6 nitrogen and oxygen atoms in total. The number of rotatable bonds is 3. The van der Waals surface area contributed by atoms with E-state index < -0.39 is 12.0 Å². The number of carboxylic acids is 1. The zero-order chi connectivity index (χ0) is 9.84. The molecule has 0 saturated carbocycles. The third-order valence-electron chi connectivity index (χ3n) is 1.72. The Morgan fingerprint density at radius 3 is 2.77 bits per heavy atom. The van der Waals surface area contributed by atoms with Crippen LogP contribution < -0.4 is 4.90 Å². The Bertz CT molecular complexity index is 290. The Morgan fingerprint density at radius 1 is 1.62 bits per heavy atom. The number of likely N-dealkylation sites (N-methyl/N-ethyl adjacent to an activating group) is 1. The van der Waals surface area contributed by atoms with Gasteiger partial charge in [0.1, 0.15) is 6.04 Å². The van der Waals surface area contributed by atoms with Crippen LogP contribution in [0.5, 0.6) is 0 Å². The number of anilines is 1. The van der Waals surface area contributed by atoms with Crippen LogP contribution in [0.25, 0.3) is 0 Å². The maximum atomic E-state index is 10.6. The molecule has 1 rings (SSSR count). The first-order valence-electron chi connectivity index (χ1n) is 3.72. The SMILES string of the molecule is CC(C(=O)O)N(C)c1nccnn1. The summed E-state index contributed by atoms with van der Waals surface area (Å²) in [7, 11) is 1.61. The van der Waals surface area contributed by atoms with E-state index in [1.54, 1.807) is 14.0 Å². The van der Waals surface area contributed by atoms with Crippen molar-refractivity contribution in [2.75, 3.05) is 11.9 Å². The van der Waals surface area contributed by atoms with Crippen molar-refractivity contribution >= 4 is 11.9 Å². The summed E-state index contributed by atoms with van der Waals surface area (Å²) in [5.41, 5.74) is 0. The molecule has 1 aromatic rings. The van der Waals surface area contributed by atoms with Crippen LogP contribution in [0, 0.1) is 0 Å². The van der Waals surface area contributed by atoms with Gasteiger partial charge in [-0.3, -0.25) is 0 Å². The zero-order valence-corrected chi connectivity index (χ0v) is 7.38. The Balaban J connectivity index is 2.79. The second-order valence-electron chi connectivity index (χ2n) is 2.57. The zero-order valence-electron chi connectivity index (χ0n) is 7.38. The van der Waals surface area contributed by atoms with Crippen LogP contribution in [0.1, 0.15) is 6.92 Å². The van der Waals surface area contributed by atoms with Crippen LogP contribution in [0.2, 0.25) is 0 Å². The van der Waals surface area contributed by atoms with Gasteiger partial charge in [0.05, 0.1) is 12.4 Å². The van der Waals surface area contributed by atoms with E-state index in [1.807, 2.05) is 0 Å². The molecule has 0 spiro atoms. The Labute approximate surface area is 75.2 Å². The van der Waals surface area contributed by atoms with Crippen molar-refractivity contribution in [3.05, 3.63) is 12.4 Å². The van der Waals surface area contributed by atoms with Crippen molar-refractivity contribution in [3.63, 3.8) is 0 Å². The minimum absolute atomic E-state index is 0.303. The topological polar surface area (TPSA) is 79.2 Å². The van der Waals surface area contributed by atoms with Crippen LogP contribution in [-0.2, 0) is 4.79 Å². The third-order valence-corrected chi connectivity index (χ3v) is 1.72. The molecular weight excluding hydrogens is 172 g/mol. The van der Waals surface area contributed by atoms with Crippen molar-refractivity contribution in [2.45, 2.75) is 13.0 Å². The number of hydrogen-bond donors (Lipinski definition) is 1. The van der Waals surface area contributed by atoms with Crippen LogP contribution in [0.15, 0.2) is 12.4 Å². The van der Waals surface area contributed by atoms with Crippen LogP contribution >= 0.6 is 0 Å². The average molecular weight is 182 g/mol. The molecule has 70 valence electrons. The molecule has 0 bridgehead atoms. The number of aromatic nitrogens is 3. The standard InChI is InChI=1S/C7H10N4O2/c1-5(6(12)13)11(2)7-8-3-4-9-10-7/h3-5H,1-2H3,(H,12,13). The summed E-state index contributed by atoms with van der Waals surface area (Å²) in [6.07, 6.45) is 2.90. The summed E-state index contributed by atoms with van der Waals surface area (Å²) in [6, 6.07) is -0.663. The minimum Gasteiger partial charge on any atom is -0.480 e. The molecular formula is C7H10N4O2. The number of aliphatic carboxylic acids is 1. The number of nitrogens with zero attached hydrogens (tertiary/aromatic N) is 4. The third kappa shape index (κ3) is 2.11. The van der Waals surface area contributed by atoms with E-state index in [2.05, 4.69) is 15.2 Å². The minimum atomic E-state index is -0.921. The molecule has 6 heteroatoms. The van der Waals surface area contributed by atoms with Gasteiger partial charge in [0.15, 0.2) is 0 Å². The van der Waals surface area contributed by atoms with E-state index in [0.29, 0.717) is 5.95 Å². The molecule has 0 saturated heterocycles.